The van der Waals surface area contributed by atoms with Crippen molar-refractivity contribution in [3.05, 3.63) is 12.2 Å². The molecule has 0 unspecified atom stereocenters. The van der Waals surface area contributed by atoms with Gasteiger partial charge in [0.25, 0.3) is 0 Å². The number of nitrogens with one attached hydrogen (secondary N) is 1. The Bertz CT molecular complexity index is 141. The summed E-state index contributed by atoms with van der Waals surface area (Å²) < 4.78 is 5.01. The summed E-state index contributed by atoms with van der Waals surface area (Å²) in [6.45, 7) is 3.83. The monoisotopic (exact) mass is 225 g/mol. The Labute approximate surface area is 100 Å². The first-order chi connectivity index (χ1) is 8.00. The van der Waals surface area contributed by atoms with Gasteiger partial charge in [-0.15, -0.1) is 0 Å². The van der Waals surface area contributed by atoms with Gasteiger partial charge in [0.05, 0.1) is 13.2 Å². The van der Waals surface area contributed by atoms with Crippen molar-refractivity contribution in [1.29, 1.82) is 0 Å². The Kier molecular flexibility index (Phi) is 9.57. The highest BCUT2D eigenvalue weighted by Gasteiger charge is 1.93. The lowest BCUT2D eigenvalue weighted by molar-refractivity contribution is 0.109. The van der Waals surface area contributed by atoms with Crippen LogP contribution in [0.15, 0.2) is 12.2 Å². The summed E-state index contributed by atoms with van der Waals surface area (Å²) in [6, 6.07) is 0. The molecule has 2 rings (SSSR count). The smallest absolute Gasteiger partial charge is 0.0591 e. The fraction of sp³-hybridized carbons (Fsp3) is 0.857. The van der Waals surface area contributed by atoms with Crippen LogP contribution in [0.4, 0.5) is 0 Å². The molecule has 0 aromatic heterocycles. The number of morpholine rings is 1. The Morgan fingerprint density at radius 3 is 1.56 bits per heavy atom. The molecule has 0 aromatic carbocycles. The molecule has 1 fully saturated rings. The fourth-order valence-electron chi connectivity index (χ4n) is 1.98. The van der Waals surface area contributed by atoms with Gasteiger partial charge in [0.2, 0.25) is 0 Å². The lowest BCUT2D eigenvalue weighted by atomic mass is 10.1. The predicted molar refractivity (Wildman–Crippen MR) is 69.8 cm³/mol. The van der Waals surface area contributed by atoms with Crippen molar-refractivity contribution in [3.8, 4) is 0 Å². The molecular weight excluding hydrogens is 198 g/mol. The maximum Gasteiger partial charge on any atom is 0.0591 e. The Morgan fingerprint density at radius 2 is 1.19 bits per heavy atom. The molecule has 1 aliphatic carbocycles. The van der Waals surface area contributed by atoms with E-state index in [9.17, 15) is 0 Å². The zero-order valence-electron chi connectivity index (χ0n) is 10.5. The van der Waals surface area contributed by atoms with E-state index < -0.39 is 0 Å². The highest BCUT2D eigenvalue weighted by molar-refractivity contribution is 4.81. The summed E-state index contributed by atoms with van der Waals surface area (Å²) >= 11 is 0. The third kappa shape index (κ3) is 8.93. The van der Waals surface area contributed by atoms with Crippen LogP contribution in [0.5, 0.6) is 0 Å². The molecule has 1 saturated heterocycles. The van der Waals surface area contributed by atoms with Crippen LogP contribution in [-0.4, -0.2) is 26.3 Å². The molecule has 0 aromatic rings. The van der Waals surface area contributed by atoms with Gasteiger partial charge in [-0.3, -0.25) is 0 Å². The van der Waals surface area contributed by atoms with Gasteiger partial charge in [-0.05, 0) is 25.7 Å². The number of ether oxygens (including phenoxy) is 1. The van der Waals surface area contributed by atoms with Crippen LogP contribution in [-0.2, 0) is 4.74 Å². The zero-order valence-corrected chi connectivity index (χ0v) is 10.5. The highest BCUT2D eigenvalue weighted by atomic mass is 16.5. The minimum atomic E-state index is 0.889. The zero-order chi connectivity index (χ0) is 11.3. The minimum absolute atomic E-state index is 0.889. The molecule has 0 bridgehead atoms. The SMILES string of the molecule is C1=CCCCCCCCC1.C1COCCN1. The first kappa shape index (κ1) is 13.7. The van der Waals surface area contributed by atoms with E-state index in [1.165, 1.54) is 51.4 Å². The van der Waals surface area contributed by atoms with Crippen molar-refractivity contribution >= 4 is 0 Å². The van der Waals surface area contributed by atoms with Gasteiger partial charge in [0, 0.05) is 13.1 Å². The van der Waals surface area contributed by atoms with Gasteiger partial charge in [-0.1, -0.05) is 37.8 Å². The molecule has 0 radical (unpaired) electrons. The molecular formula is C14H27NO. The third-order valence-electron chi connectivity index (χ3n) is 3.00. The van der Waals surface area contributed by atoms with E-state index in [4.69, 9.17) is 4.74 Å². The number of hydrogen-bond donors (Lipinski definition) is 1. The van der Waals surface area contributed by atoms with E-state index in [1.807, 2.05) is 0 Å². The highest BCUT2D eigenvalue weighted by Crippen LogP contribution is 2.11. The first-order valence-electron chi connectivity index (χ1n) is 6.93. The van der Waals surface area contributed by atoms with Gasteiger partial charge in [-0.25, -0.2) is 0 Å². The second kappa shape index (κ2) is 11.2. The molecule has 0 atom stereocenters. The lowest BCUT2D eigenvalue weighted by Crippen LogP contribution is -2.30. The number of hydrogen-bond acceptors (Lipinski definition) is 2. The molecule has 1 N–H and O–H groups in total. The van der Waals surface area contributed by atoms with Crippen LogP contribution in [0.1, 0.15) is 51.4 Å². The van der Waals surface area contributed by atoms with E-state index in [2.05, 4.69) is 17.5 Å². The largest absolute Gasteiger partial charge is 0.379 e. The van der Waals surface area contributed by atoms with Crippen LogP contribution in [0.25, 0.3) is 0 Å². The average molecular weight is 225 g/mol. The van der Waals surface area contributed by atoms with E-state index in [0.717, 1.165) is 26.3 Å². The summed E-state index contributed by atoms with van der Waals surface area (Å²) in [5.74, 6) is 0. The van der Waals surface area contributed by atoms with Crippen molar-refractivity contribution in [2.45, 2.75) is 51.4 Å². The Hall–Kier alpha value is -0.340. The Morgan fingerprint density at radius 1 is 0.688 bits per heavy atom. The van der Waals surface area contributed by atoms with Crippen molar-refractivity contribution in [2.24, 2.45) is 0 Å². The van der Waals surface area contributed by atoms with Gasteiger partial charge < -0.3 is 10.1 Å². The molecule has 2 aliphatic rings. The lowest BCUT2D eigenvalue weighted by Gasteiger charge is -2.10. The van der Waals surface area contributed by atoms with Crippen LogP contribution in [0.3, 0.4) is 0 Å². The second-order valence-electron chi connectivity index (χ2n) is 4.53. The third-order valence-corrected chi connectivity index (χ3v) is 3.00. The molecule has 1 heterocycles. The van der Waals surface area contributed by atoms with Crippen LogP contribution < -0.4 is 5.32 Å². The fourth-order valence-corrected chi connectivity index (χ4v) is 1.98. The number of allylic oxidation sites excluding steroid dienone is 2. The molecule has 0 spiro atoms. The topological polar surface area (TPSA) is 21.3 Å². The van der Waals surface area contributed by atoms with Crippen LogP contribution >= 0.6 is 0 Å². The van der Waals surface area contributed by atoms with Crippen molar-refractivity contribution < 1.29 is 4.74 Å². The predicted octanol–water partition coefficient (Wildman–Crippen LogP) is 3.28. The molecule has 2 heteroatoms. The molecule has 94 valence electrons. The first-order valence-corrected chi connectivity index (χ1v) is 6.93. The summed E-state index contributed by atoms with van der Waals surface area (Å²) in [4.78, 5) is 0. The summed E-state index contributed by atoms with van der Waals surface area (Å²) in [5, 5.41) is 3.16. The van der Waals surface area contributed by atoms with Crippen molar-refractivity contribution in [2.75, 3.05) is 26.3 Å². The molecule has 1 aliphatic heterocycles. The van der Waals surface area contributed by atoms with Crippen LogP contribution in [0.2, 0.25) is 0 Å². The quantitative estimate of drug-likeness (QED) is 0.639. The van der Waals surface area contributed by atoms with E-state index in [1.54, 1.807) is 0 Å². The number of rotatable bonds is 0. The summed E-state index contributed by atoms with van der Waals surface area (Å²) in [5.41, 5.74) is 0. The molecule has 0 saturated carbocycles. The van der Waals surface area contributed by atoms with E-state index in [0.29, 0.717) is 0 Å². The normalized spacial score (nSPS) is 23.0. The summed E-state index contributed by atoms with van der Waals surface area (Å²) in [6.07, 6.45) is 16.0. The van der Waals surface area contributed by atoms with Gasteiger partial charge in [-0.2, -0.15) is 0 Å². The van der Waals surface area contributed by atoms with Crippen molar-refractivity contribution in [1.82, 2.24) is 5.32 Å². The second-order valence-corrected chi connectivity index (χ2v) is 4.53. The van der Waals surface area contributed by atoms with E-state index in [-0.39, 0.29) is 0 Å². The standard InChI is InChI=1S/C10H18.C4H9NO/c1-2-4-6-8-10-9-7-5-3-1;1-3-6-4-2-5-1/h1-2H,3-10H2;5H,1-4H2. The van der Waals surface area contributed by atoms with Crippen molar-refractivity contribution in [3.63, 3.8) is 0 Å². The minimum Gasteiger partial charge on any atom is -0.379 e. The Balaban J connectivity index is 0.000000181. The maximum atomic E-state index is 5.01. The van der Waals surface area contributed by atoms with Gasteiger partial charge in [0.15, 0.2) is 0 Å². The molecule has 0 amide bonds. The molecule has 2 nitrogen and oxygen atoms in total. The molecule has 16 heavy (non-hydrogen) atoms. The van der Waals surface area contributed by atoms with E-state index >= 15 is 0 Å². The summed E-state index contributed by atoms with van der Waals surface area (Å²) in [7, 11) is 0. The van der Waals surface area contributed by atoms with Gasteiger partial charge in [0.1, 0.15) is 0 Å². The van der Waals surface area contributed by atoms with Crippen LogP contribution in [0, 0.1) is 0 Å². The maximum absolute atomic E-state index is 5.01. The van der Waals surface area contributed by atoms with Gasteiger partial charge >= 0.3 is 0 Å². The average Bonchev–Trinajstić information content (AvgIpc) is 2.39.